The van der Waals surface area contributed by atoms with Crippen LogP contribution in [0.4, 0.5) is 0 Å². The molecule has 2 heteroatoms. The van der Waals surface area contributed by atoms with E-state index in [1.165, 1.54) is 0 Å². The first kappa shape index (κ1) is 12.9. The maximum absolute atomic E-state index is 11.1. The highest BCUT2D eigenvalue weighted by atomic mass is 16.5. The molecule has 0 N–H and O–H groups in total. The summed E-state index contributed by atoms with van der Waals surface area (Å²) in [6, 6.07) is 0. The van der Waals surface area contributed by atoms with E-state index in [4.69, 9.17) is 4.74 Å². The van der Waals surface area contributed by atoms with Gasteiger partial charge in [0.2, 0.25) is 0 Å². The van der Waals surface area contributed by atoms with Gasteiger partial charge in [0.1, 0.15) is 0 Å². The average molecular weight is 196 g/mol. The quantitative estimate of drug-likeness (QED) is 0.440. The molecule has 0 heterocycles. The first-order valence-corrected chi connectivity index (χ1v) is 5.12. The van der Waals surface area contributed by atoms with Gasteiger partial charge in [-0.25, -0.2) is 0 Å². The minimum Gasteiger partial charge on any atom is -0.465 e. The van der Waals surface area contributed by atoms with Crippen LogP contribution in [0.3, 0.4) is 0 Å². The molecule has 14 heavy (non-hydrogen) atoms. The normalized spacial score (nSPS) is 9.86. The molecule has 0 aromatic carbocycles. The zero-order valence-corrected chi connectivity index (χ0v) is 9.00. The Labute approximate surface area is 86.6 Å². The van der Waals surface area contributed by atoms with E-state index in [1.54, 1.807) is 0 Å². The average Bonchev–Trinajstić information content (AvgIpc) is 2.15. The number of esters is 1. The van der Waals surface area contributed by atoms with Crippen LogP contribution in [0.25, 0.3) is 0 Å². The number of ether oxygens (including phenoxy) is 1. The predicted octanol–water partition coefficient (Wildman–Crippen LogP) is 3.10. The molecule has 0 spiro atoms. The van der Waals surface area contributed by atoms with Crippen LogP contribution in [0.15, 0.2) is 25.3 Å². The van der Waals surface area contributed by atoms with Crippen molar-refractivity contribution in [1.29, 1.82) is 0 Å². The summed E-state index contributed by atoms with van der Waals surface area (Å²) >= 11 is 0. The summed E-state index contributed by atoms with van der Waals surface area (Å²) in [4.78, 5) is 11.1. The molecule has 0 atom stereocenters. The van der Waals surface area contributed by atoms with Gasteiger partial charge in [-0.2, -0.15) is 0 Å². The van der Waals surface area contributed by atoms with Gasteiger partial charge in [0.25, 0.3) is 0 Å². The van der Waals surface area contributed by atoms with Crippen molar-refractivity contribution in [3.05, 3.63) is 25.3 Å². The summed E-state index contributed by atoms with van der Waals surface area (Å²) in [6.07, 6.45) is 6.78. The van der Waals surface area contributed by atoms with Gasteiger partial charge in [-0.1, -0.05) is 19.1 Å². The van der Waals surface area contributed by atoms with Crippen LogP contribution >= 0.6 is 0 Å². The van der Waals surface area contributed by atoms with E-state index in [-0.39, 0.29) is 5.97 Å². The standard InChI is InChI=1S/C12H20O2/c1-4-7-11(8-5-2)10-14-12(13)9-6-3/h4-5,11H,1-2,6-10H2,3H3. The van der Waals surface area contributed by atoms with Gasteiger partial charge >= 0.3 is 5.97 Å². The third-order valence-electron chi connectivity index (χ3n) is 1.93. The molecule has 80 valence electrons. The lowest BCUT2D eigenvalue weighted by Crippen LogP contribution is -2.13. The second-order valence-corrected chi connectivity index (χ2v) is 3.35. The molecule has 0 saturated carbocycles. The first-order chi connectivity index (χ1) is 6.74. The highest BCUT2D eigenvalue weighted by molar-refractivity contribution is 5.69. The summed E-state index contributed by atoms with van der Waals surface area (Å²) in [5, 5.41) is 0. The Morgan fingerprint density at radius 3 is 2.36 bits per heavy atom. The number of carbonyl (C=O) groups excluding carboxylic acids is 1. The number of allylic oxidation sites excluding steroid dienone is 2. The van der Waals surface area contributed by atoms with E-state index in [2.05, 4.69) is 13.2 Å². The van der Waals surface area contributed by atoms with Crippen LogP contribution in [0.1, 0.15) is 32.6 Å². The van der Waals surface area contributed by atoms with Crippen molar-refractivity contribution in [2.45, 2.75) is 32.6 Å². The Kier molecular flexibility index (Phi) is 7.90. The fraction of sp³-hybridized carbons (Fsp3) is 0.583. The molecule has 0 aromatic rings. The minimum absolute atomic E-state index is 0.106. The molecule has 0 unspecified atom stereocenters. The summed E-state index contributed by atoms with van der Waals surface area (Å²) in [7, 11) is 0. The zero-order valence-electron chi connectivity index (χ0n) is 9.00. The molecule has 0 amide bonds. The summed E-state index contributed by atoms with van der Waals surface area (Å²) < 4.78 is 5.12. The molecule has 2 nitrogen and oxygen atoms in total. The third-order valence-corrected chi connectivity index (χ3v) is 1.93. The van der Waals surface area contributed by atoms with Crippen molar-refractivity contribution in [3.63, 3.8) is 0 Å². The Morgan fingerprint density at radius 1 is 1.36 bits per heavy atom. The molecular weight excluding hydrogens is 176 g/mol. The molecule has 0 aliphatic carbocycles. The Hall–Kier alpha value is -1.05. The molecule has 0 aliphatic rings. The summed E-state index contributed by atoms with van der Waals surface area (Å²) in [6.45, 7) is 9.79. The molecule has 0 saturated heterocycles. The van der Waals surface area contributed by atoms with Gasteiger partial charge in [-0.05, 0) is 25.2 Å². The molecule has 0 aliphatic heterocycles. The molecule has 0 aromatic heterocycles. The fourth-order valence-electron chi connectivity index (χ4n) is 1.19. The molecular formula is C12H20O2. The zero-order chi connectivity index (χ0) is 10.8. The van der Waals surface area contributed by atoms with Crippen molar-refractivity contribution >= 4 is 5.97 Å². The van der Waals surface area contributed by atoms with Gasteiger partial charge in [-0.3, -0.25) is 4.79 Å². The van der Waals surface area contributed by atoms with Gasteiger partial charge < -0.3 is 4.74 Å². The lowest BCUT2D eigenvalue weighted by molar-refractivity contribution is -0.145. The van der Waals surface area contributed by atoms with Crippen LogP contribution in [0.5, 0.6) is 0 Å². The number of hydrogen-bond acceptors (Lipinski definition) is 2. The van der Waals surface area contributed by atoms with Crippen LogP contribution in [-0.4, -0.2) is 12.6 Å². The van der Waals surface area contributed by atoms with Crippen molar-refractivity contribution in [3.8, 4) is 0 Å². The van der Waals surface area contributed by atoms with Crippen LogP contribution in [0.2, 0.25) is 0 Å². The second kappa shape index (κ2) is 8.54. The van der Waals surface area contributed by atoms with Gasteiger partial charge in [-0.15, -0.1) is 13.2 Å². The molecule has 0 bridgehead atoms. The Morgan fingerprint density at radius 2 is 1.93 bits per heavy atom. The largest absolute Gasteiger partial charge is 0.465 e. The van der Waals surface area contributed by atoms with E-state index in [9.17, 15) is 4.79 Å². The highest BCUT2D eigenvalue weighted by Crippen LogP contribution is 2.10. The number of hydrogen-bond donors (Lipinski definition) is 0. The lowest BCUT2D eigenvalue weighted by atomic mass is 10.0. The summed E-state index contributed by atoms with van der Waals surface area (Å²) in [5.74, 6) is 0.233. The van der Waals surface area contributed by atoms with E-state index in [0.717, 1.165) is 19.3 Å². The van der Waals surface area contributed by atoms with Crippen molar-refractivity contribution < 1.29 is 9.53 Å². The highest BCUT2D eigenvalue weighted by Gasteiger charge is 2.08. The first-order valence-electron chi connectivity index (χ1n) is 5.12. The van der Waals surface area contributed by atoms with Crippen molar-refractivity contribution in [1.82, 2.24) is 0 Å². The van der Waals surface area contributed by atoms with Crippen LogP contribution in [0, 0.1) is 5.92 Å². The van der Waals surface area contributed by atoms with Crippen molar-refractivity contribution in [2.75, 3.05) is 6.61 Å². The van der Waals surface area contributed by atoms with Crippen LogP contribution in [-0.2, 0) is 9.53 Å². The predicted molar refractivity (Wildman–Crippen MR) is 59.0 cm³/mol. The fourth-order valence-corrected chi connectivity index (χ4v) is 1.19. The molecule has 0 rings (SSSR count). The number of rotatable bonds is 8. The smallest absolute Gasteiger partial charge is 0.305 e. The van der Waals surface area contributed by atoms with Gasteiger partial charge in [0, 0.05) is 6.42 Å². The van der Waals surface area contributed by atoms with E-state index < -0.39 is 0 Å². The Bertz CT molecular complexity index is 175. The molecule has 0 radical (unpaired) electrons. The maximum atomic E-state index is 11.1. The Balaban J connectivity index is 3.73. The van der Waals surface area contributed by atoms with Crippen molar-refractivity contribution in [2.24, 2.45) is 5.92 Å². The van der Waals surface area contributed by atoms with E-state index in [0.29, 0.717) is 18.9 Å². The van der Waals surface area contributed by atoms with E-state index >= 15 is 0 Å². The third kappa shape index (κ3) is 6.46. The summed E-state index contributed by atoms with van der Waals surface area (Å²) in [5.41, 5.74) is 0. The van der Waals surface area contributed by atoms with E-state index in [1.807, 2.05) is 19.1 Å². The number of carbonyl (C=O) groups is 1. The SMILES string of the molecule is C=CCC(CC=C)COC(=O)CCC. The lowest BCUT2D eigenvalue weighted by Gasteiger charge is -2.12. The van der Waals surface area contributed by atoms with Gasteiger partial charge in [0.15, 0.2) is 0 Å². The second-order valence-electron chi connectivity index (χ2n) is 3.35. The van der Waals surface area contributed by atoms with Gasteiger partial charge in [0.05, 0.1) is 6.61 Å². The minimum atomic E-state index is -0.106. The maximum Gasteiger partial charge on any atom is 0.305 e. The monoisotopic (exact) mass is 196 g/mol. The molecule has 0 fully saturated rings. The topological polar surface area (TPSA) is 26.3 Å². The van der Waals surface area contributed by atoms with Crippen LogP contribution < -0.4 is 0 Å².